The summed E-state index contributed by atoms with van der Waals surface area (Å²) in [5.41, 5.74) is 6.45. The highest BCUT2D eigenvalue weighted by Crippen LogP contribution is 2.53. The van der Waals surface area contributed by atoms with Gasteiger partial charge in [0.25, 0.3) is 5.56 Å². The number of rotatable bonds is 2. The summed E-state index contributed by atoms with van der Waals surface area (Å²) in [6.45, 7) is -4.95. The van der Waals surface area contributed by atoms with Gasteiger partial charge in [-0.2, -0.15) is 4.98 Å². The number of aliphatic hydroxyl groups excluding tert-OH is 2. The van der Waals surface area contributed by atoms with Crippen LogP contribution in [-0.4, -0.2) is 102 Å². The second kappa shape index (κ2) is 11.0. The monoisotopic (exact) mass is 671 g/mol. The number of imidazole rings is 2. The van der Waals surface area contributed by atoms with E-state index in [1.807, 2.05) is 12.1 Å². The first-order valence-electron chi connectivity index (χ1n) is 12.8. The quantitative estimate of drug-likeness (QED) is 0.125. The molecule has 1 aromatic carbocycles. The standard InChI is InChI=1S/C22H27BN7O11P2S/c23-42(34)36-6-12-16(15(32)20(39-12)29-7-25-9-3-1-2-4-10(9)29)41-43(35,44)37-5-11-14(31)17(40-42)21(38-11)30-8-26-13-18(30)27-22(24)28-19(13)33/h1-4,7-8,11-12,14-17,20-21,31-32H,5-6H2,23H3,(H,35,44)(H3,24,27,28,33)/q-1/p+1/t11-,12-,14?,15?,16+,17+,20-,21-,42?,43?/m1/s1. The van der Waals surface area contributed by atoms with E-state index in [4.69, 9.17) is 45.1 Å². The average Bonchev–Trinajstić information content (AvgIpc) is 3.72. The summed E-state index contributed by atoms with van der Waals surface area (Å²) in [5.74, 6) is -0.182. The van der Waals surface area contributed by atoms with Gasteiger partial charge < -0.3 is 53.0 Å². The van der Waals surface area contributed by atoms with E-state index < -0.39 is 83.0 Å². The van der Waals surface area contributed by atoms with Crippen molar-refractivity contribution in [2.75, 3.05) is 18.9 Å². The summed E-state index contributed by atoms with van der Waals surface area (Å²) in [6, 6.07) is 7.23. The first kappa shape index (κ1) is 30.1. The zero-order chi connectivity index (χ0) is 31.0. The van der Waals surface area contributed by atoms with E-state index in [-0.39, 0.29) is 25.1 Å². The molecule has 6 heterocycles. The highest BCUT2D eigenvalue weighted by molar-refractivity contribution is 8.07. The zero-order valence-electron chi connectivity index (χ0n) is 22.7. The van der Waals surface area contributed by atoms with E-state index in [9.17, 15) is 24.5 Å². The van der Waals surface area contributed by atoms with Gasteiger partial charge in [-0.05, 0) is 23.9 Å². The van der Waals surface area contributed by atoms with Crippen LogP contribution in [-0.2, 0) is 43.9 Å². The van der Waals surface area contributed by atoms with Gasteiger partial charge in [-0.3, -0.25) is 18.9 Å². The number of aliphatic hydroxyl groups is 2. The molecule has 3 aromatic heterocycles. The van der Waals surface area contributed by atoms with E-state index >= 15 is 0 Å². The molecule has 3 aliphatic rings. The molecule has 3 fully saturated rings. The number of nitrogens with one attached hydrogen (secondary N) is 1. The van der Waals surface area contributed by atoms with Crippen molar-refractivity contribution in [2.24, 2.45) is 0 Å². The van der Waals surface area contributed by atoms with Crippen LogP contribution in [0.3, 0.4) is 0 Å². The summed E-state index contributed by atoms with van der Waals surface area (Å²) < 4.78 is 51.9. The third-order valence-corrected chi connectivity index (χ3v) is 9.65. The van der Waals surface area contributed by atoms with E-state index in [1.54, 1.807) is 16.7 Å². The van der Waals surface area contributed by atoms with Crippen LogP contribution in [0, 0.1) is 0 Å². The second-order valence-corrected chi connectivity index (χ2v) is 13.7. The Morgan fingerprint density at radius 3 is 2.57 bits per heavy atom. The Morgan fingerprint density at radius 2 is 1.75 bits per heavy atom. The van der Waals surface area contributed by atoms with Gasteiger partial charge in [-0.15, -0.1) is 0 Å². The molecule has 3 aliphatic heterocycles. The smallest absolute Gasteiger partial charge is 0.387 e. The van der Waals surface area contributed by atoms with Crippen LogP contribution in [0.1, 0.15) is 13.9 Å². The number of anilines is 1. The Kier molecular flexibility index (Phi) is 7.56. The maximum Gasteiger partial charge on any atom is 1.00 e. The summed E-state index contributed by atoms with van der Waals surface area (Å²) in [4.78, 5) is 38.3. The van der Waals surface area contributed by atoms with Crippen molar-refractivity contribution in [3.8, 4) is 0 Å². The molecule has 3 saturated heterocycles. The Bertz CT molecular complexity index is 1900. The van der Waals surface area contributed by atoms with Crippen LogP contribution in [0.25, 0.3) is 22.2 Å². The molecule has 6 N–H and O–H groups in total. The van der Waals surface area contributed by atoms with Crippen molar-refractivity contribution < 1.29 is 48.7 Å². The minimum Gasteiger partial charge on any atom is -0.387 e. The van der Waals surface area contributed by atoms with Crippen LogP contribution in [0.5, 0.6) is 0 Å². The number of hydrogen-bond donors (Lipinski definition) is 5. The second-order valence-electron chi connectivity index (χ2n) is 9.95. The lowest BCUT2D eigenvalue weighted by molar-refractivity contribution is -0.0589. The molecule has 4 unspecified atom stereocenters. The molecule has 0 radical (unpaired) electrons. The molecule has 0 saturated carbocycles. The predicted molar refractivity (Wildman–Crippen MR) is 159 cm³/mol. The Hall–Kier alpha value is -2.58. The fourth-order valence-corrected chi connectivity index (χ4v) is 7.54. The molecule has 2 bridgehead atoms. The van der Waals surface area contributed by atoms with Crippen LogP contribution in [0.4, 0.5) is 5.95 Å². The maximum absolute atomic E-state index is 13.8. The lowest BCUT2D eigenvalue weighted by atomic mass is 10.1. The van der Waals surface area contributed by atoms with Gasteiger partial charge in [0.15, 0.2) is 23.6 Å². The molecule has 44 heavy (non-hydrogen) atoms. The highest BCUT2D eigenvalue weighted by Gasteiger charge is 2.51. The third kappa shape index (κ3) is 5.34. The van der Waals surface area contributed by atoms with Crippen LogP contribution < -0.4 is 11.3 Å². The van der Waals surface area contributed by atoms with Gasteiger partial charge in [0.05, 0.1) is 44.5 Å². The summed E-state index contributed by atoms with van der Waals surface area (Å²) in [7, 11) is -4.97. The van der Waals surface area contributed by atoms with Crippen LogP contribution >= 0.6 is 14.2 Å². The largest absolute Gasteiger partial charge is 1.00 e. The first-order chi connectivity index (χ1) is 20.9. The van der Waals surface area contributed by atoms with E-state index in [1.165, 1.54) is 17.2 Å². The molecule has 10 atom stereocenters. The molecule has 236 valence electrons. The number of aromatic amines is 1. The van der Waals surface area contributed by atoms with Gasteiger partial charge >= 0.3 is 8.15 Å². The lowest BCUT2D eigenvalue weighted by Crippen LogP contribution is -2.36. The van der Waals surface area contributed by atoms with Crippen molar-refractivity contribution in [1.82, 2.24) is 29.1 Å². The van der Waals surface area contributed by atoms with Crippen molar-refractivity contribution in [1.29, 1.82) is 0 Å². The lowest BCUT2D eigenvalue weighted by Gasteiger charge is -2.30. The number of nitrogens with two attached hydrogens (primary N) is 1. The molecule has 18 nitrogen and oxygen atoms in total. The number of nitrogen functional groups attached to an aromatic ring is 1. The van der Waals surface area contributed by atoms with E-state index in [0.717, 1.165) is 0 Å². The molecule has 0 spiro atoms. The predicted octanol–water partition coefficient (Wildman–Crippen LogP) is -1.11. The molecular weight excluding hydrogens is 643 g/mol. The van der Waals surface area contributed by atoms with Crippen molar-refractivity contribution in [2.45, 2.75) is 49.1 Å². The SMILES string of the molecule is [BH3-]P1(=O)OC[C@H]2O[C@@H](n3cnc4ccccc43)C(O)[C@H]2OP(O)(=S)OC[C@H]2O[C@@H](n3cnc4c(=O)[nH]c(N)nc43)[C@@H](O1)C2O.[H+]. The number of nitrogens with zero attached hydrogens (tertiary/aromatic N) is 5. The molecule has 4 aromatic rings. The molecule has 0 aliphatic carbocycles. The Labute approximate surface area is 254 Å². The van der Waals surface area contributed by atoms with Crippen LogP contribution in [0.2, 0.25) is 0 Å². The summed E-state index contributed by atoms with van der Waals surface area (Å²) in [6.07, 6.45) is -7.08. The number of fused-ring (bicyclic) bond motifs is 5. The number of H-pyrrole nitrogens is 1. The molecule has 0 amide bonds. The average molecular weight is 671 g/mol. The number of ether oxygens (including phenoxy) is 2. The molecule has 22 heteroatoms. The Morgan fingerprint density at radius 1 is 1.02 bits per heavy atom. The van der Waals surface area contributed by atoms with Crippen molar-refractivity contribution >= 4 is 61.7 Å². The molecule has 7 rings (SSSR count). The molecular formula is C22H28BN7O11P2S. The maximum atomic E-state index is 13.8. The van der Waals surface area contributed by atoms with Gasteiger partial charge in [-0.25, -0.2) is 9.97 Å². The van der Waals surface area contributed by atoms with Gasteiger partial charge in [-0.1, -0.05) is 12.1 Å². The topological polar surface area (TPSA) is 241 Å². The van der Waals surface area contributed by atoms with E-state index in [2.05, 4.69) is 19.9 Å². The van der Waals surface area contributed by atoms with Crippen molar-refractivity contribution in [3.05, 3.63) is 47.3 Å². The van der Waals surface area contributed by atoms with Crippen molar-refractivity contribution in [3.63, 3.8) is 0 Å². The van der Waals surface area contributed by atoms with Gasteiger partial charge in [0.1, 0.15) is 44.1 Å². The van der Waals surface area contributed by atoms with Crippen LogP contribution in [0.15, 0.2) is 41.7 Å². The summed E-state index contributed by atoms with van der Waals surface area (Å²) >= 11 is 5.26. The Balaban J connectivity index is 0.00000357. The van der Waals surface area contributed by atoms with Gasteiger partial charge in [0.2, 0.25) is 5.95 Å². The zero-order valence-corrected chi connectivity index (χ0v) is 24.3. The number of hydrogen-bond acceptors (Lipinski definition) is 15. The minimum atomic E-state index is -4.10. The fourth-order valence-electron chi connectivity index (χ4n) is 5.33. The fraction of sp³-hybridized carbons (Fsp3) is 0.455. The van der Waals surface area contributed by atoms with Gasteiger partial charge in [0, 0.05) is 0 Å². The number of aromatic nitrogens is 6. The summed E-state index contributed by atoms with van der Waals surface area (Å²) in [5, 5.41) is 22.5. The minimum absolute atomic E-state index is 0. The highest BCUT2D eigenvalue weighted by atomic mass is 32.5. The van der Waals surface area contributed by atoms with E-state index in [0.29, 0.717) is 11.0 Å². The number of benzene rings is 1. The normalized spacial score (nSPS) is 38.3. The number of para-hydroxylation sites is 2. The third-order valence-electron chi connectivity index (χ3n) is 7.31. The first-order valence-corrected chi connectivity index (χ1v) is 16.5.